The van der Waals surface area contributed by atoms with E-state index in [-0.39, 0.29) is 5.91 Å². The van der Waals surface area contributed by atoms with Crippen molar-refractivity contribution in [1.29, 1.82) is 0 Å². The molecule has 0 aromatic carbocycles. The number of carbonyl (C=O) groups excluding carboxylic acids is 1. The van der Waals surface area contributed by atoms with E-state index >= 15 is 0 Å². The summed E-state index contributed by atoms with van der Waals surface area (Å²) in [4.78, 5) is 11.4. The Kier molecular flexibility index (Phi) is 5.94. The first-order valence-electron chi connectivity index (χ1n) is 5.14. The maximum atomic E-state index is 11.4. The van der Waals surface area contributed by atoms with Crippen LogP contribution in [-0.4, -0.2) is 28.8 Å². The minimum Gasteiger partial charge on any atom is -0.353 e. The third-order valence-corrected chi connectivity index (χ3v) is 4.14. The zero-order chi connectivity index (χ0) is 10.4. The van der Waals surface area contributed by atoms with Crippen LogP contribution in [-0.2, 0) is 4.79 Å². The van der Waals surface area contributed by atoms with Gasteiger partial charge < -0.3 is 5.32 Å². The van der Waals surface area contributed by atoms with E-state index in [0.29, 0.717) is 12.5 Å². The molecule has 0 heterocycles. The lowest BCUT2D eigenvalue weighted by atomic mass is 9.95. The molecule has 1 saturated carbocycles. The molecule has 1 N–H and O–H groups in total. The molecular formula is C10H18BrNOS. The van der Waals surface area contributed by atoms with Crippen LogP contribution in [0.1, 0.15) is 32.1 Å². The number of nitrogens with one attached hydrogen (secondary N) is 1. The molecule has 82 valence electrons. The highest BCUT2D eigenvalue weighted by Gasteiger charge is 2.22. The van der Waals surface area contributed by atoms with Gasteiger partial charge in [0.1, 0.15) is 0 Å². The summed E-state index contributed by atoms with van der Waals surface area (Å²) in [6.07, 6.45) is 7.63. The highest BCUT2D eigenvalue weighted by Crippen LogP contribution is 2.26. The van der Waals surface area contributed by atoms with Crippen LogP contribution in [0, 0.1) is 0 Å². The van der Waals surface area contributed by atoms with Crippen LogP contribution in [0.25, 0.3) is 0 Å². The largest absolute Gasteiger partial charge is 0.353 e. The number of halogens is 1. The molecule has 0 aromatic heterocycles. The van der Waals surface area contributed by atoms with Crippen LogP contribution in [0.5, 0.6) is 0 Å². The summed E-state index contributed by atoms with van der Waals surface area (Å²) in [6, 6.07) is 0.424. The Morgan fingerprint density at radius 3 is 3.00 bits per heavy atom. The van der Waals surface area contributed by atoms with E-state index in [1.54, 1.807) is 0 Å². The van der Waals surface area contributed by atoms with Gasteiger partial charge >= 0.3 is 0 Å². The molecule has 1 aliphatic carbocycles. The van der Waals surface area contributed by atoms with Crippen LogP contribution in [0.2, 0.25) is 0 Å². The fraction of sp³-hybridized carbons (Fsp3) is 0.900. The van der Waals surface area contributed by atoms with Crippen LogP contribution < -0.4 is 5.32 Å². The Morgan fingerprint density at radius 1 is 1.57 bits per heavy atom. The van der Waals surface area contributed by atoms with Crippen molar-refractivity contribution in [2.75, 3.05) is 11.6 Å². The summed E-state index contributed by atoms with van der Waals surface area (Å²) in [6.45, 7) is 0. The van der Waals surface area contributed by atoms with E-state index in [4.69, 9.17) is 0 Å². The fourth-order valence-corrected chi connectivity index (χ4v) is 3.06. The molecule has 1 rings (SSSR count). The van der Waals surface area contributed by atoms with Crippen molar-refractivity contribution in [2.24, 2.45) is 0 Å². The van der Waals surface area contributed by atoms with Gasteiger partial charge in [-0.3, -0.25) is 4.79 Å². The summed E-state index contributed by atoms with van der Waals surface area (Å²) < 4.78 is 0. The van der Waals surface area contributed by atoms with Crippen LogP contribution in [0.4, 0.5) is 0 Å². The normalized spacial score (nSPS) is 27.3. The topological polar surface area (TPSA) is 29.1 Å². The molecule has 0 spiro atoms. The lowest BCUT2D eigenvalue weighted by Gasteiger charge is -2.28. The minimum absolute atomic E-state index is 0.189. The maximum Gasteiger partial charge on any atom is 0.221 e. The Labute approximate surface area is 98.7 Å². The Balaban J connectivity index is 2.26. The third-order valence-electron chi connectivity index (χ3n) is 2.65. The lowest BCUT2D eigenvalue weighted by molar-refractivity contribution is -0.121. The molecule has 0 aromatic rings. The standard InChI is InChI=1S/C10H18BrNOS/c1-14-9-4-2-3-8(7-9)12-10(13)5-6-11/h8-9H,2-7H2,1H3,(H,12,13). The predicted octanol–water partition coefficient (Wildman–Crippen LogP) is 2.56. The fourth-order valence-electron chi connectivity index (χ4n) is 1.88. The van der Waals surface area contributed by atoms with Crippen molar-refractivity contribution in [3.8, 4) is 0 Å². The average Bonchev–Trinajstić information content (AvgIpc) is 2.18. The van der Waals surface area contributed by atoms with Gasteiger partial charge in [-0.05, 0) is 25.5 Å². The zero-order valence-corrected chi connectivity index (χ0v) is 11.0. The quantitative estimate of drug-likeness (QED) is 0.802. The Hall–Kier alpha value is 0.300. The highest BCUT2D eigenvalue weighted by atomic mass is 79.9. The molecule has 1 aliphatic rings. The Bertz CT molecular complexity index is 189. The number of rotatable bonds is 4. The first kappa shape index (κ1) is 12.4. The van der Waals surface area contributed by atoms with E-state index in [1.807, 2.05) is 11.8 Å². The van der Waals surface area contributed by atoms with E-state index < -0.39 is 0 Å². The van der Waals surface area contributed by atoms with E-state index in [0.717, 1.165) is 23.4 Å². The van der Waals surface area contributed by atoms with Gasteiger partial charge in [0.05, 0.1) is 0 Å². The molecule has 2 nitrogen and oxygen atoms in total. The summed E-state index contributed by atoms with van der Waals surface area (Å²) in [5, 5.41) is 4.61. The molecule has 0 radical (unpaired) electrons. The van der Waals surface area contributed by atoms with Crippen LogP contribution >= 0.6 is 27.7 Å². The number of hydrogen-bond donors (Lipinski definition) is 1. The van der Waals surface area contributed by atoms with Gasteiger partial charge in [-0.25, -0.2) is 0 Å². The average molecular weight is 280 g/mol. The van der Waals surface area contributed by atoms with Gasteiger partial charge in [0.2, 0.25) is 5.91 Å². The van der Waals surface area contributed by atoms with Gasteiger partial charge in [-0.15, -0.1) is 0 Å². The zero-order valence-electron chi connectivity index (χ0n) is 8.59. The monoisotopic (exact) mass is 279 g/mol. The van der Waals surface area contributed by atoms with Crippen LogP contribution in [0.15, 0.2) is 0 Å². The van der Waals surface area contributed by atoms with E-state index in [1.165, 1.54) is 12.8 Å². The highest BCUT2D eigenvalue weighted by molar-refractivity contribution is 9.09. The maximum absolute atomic E-state index is 11.4. The molecule has 2 unspecified atom stereocenters. The Morgan fingerprint density at radius 2 is 2.36 bits per heavy atom. The van der Waals surface area contributed by atoms with E-state index in [9.17, 15) is 4.79 Å². The second kappa shape index (κ2) is 6.72. The summed E-state index contributed by atoms with van der Waals surface area (Å²) in [5.41, 5.74) is 0. The lowest BCUT2D eigenvalue weighted by Crippen LogP contribution is -2.39. The van der Waals surface area contributed by atoms with Gasteiger partial charge in [0.25, 0.3) is 0 Å². The van der Waals surface area contributed by atoms with Gasteiger partial charge in [0, 0.05) is 23.0 Å². The number of thioether (sulfide) groups is 1. The summed E-state index contributed by atoms with van der Waals surface area (Å²) in [7, 11) is 0. The second-order valence-electron chi connectivity index (χ2n) is 3.73. The van der Waals surface area contributed by atoms with Crippen molar-refractivity contribution in [3.63, 3.8) is 0 Å². The van der Waals surface area contributed by atoms with Crippen molar-refractivity contribution in [1.82, 2.24) is 5.32 Å². The smallest absolute Gasteiger partial charge is 0.221 e. The molecular weight excluding hydrogens is 262 g/mol. The van der Waals surface area contributed by atoms with Crippen molar-refractivity contribution in [2.45, 2.75) is 43.4 Å². The minimum atomic E-state index is 0.189. The third kappa shape index (κ3) is 4.22. The number of alkyl halides is 1. The second-order valence-corrected chi connectivity index (χ2v) is 5.66. The number of amides is 1. The van der Waals surface area contributed by atoms with Crippen molar-refractivity contribution in [3.05, 3.63) is 0 Å². The molecule has 0 aliphatic heterocycles. The number of carbonyl (C=O) groups is 1. The van der Waals surface area contributed by atoms with Gasteiger partial charge in [-0.1, -0.05) is 22.4 Å². The SMILES string of the molecule is CSC1CCCC(NC(=O)CCBr)C1. The molecule has 14 heavy (non-hydrogen) atoms. The molecule has 0 bridgehead atoms. The molecule has 1 amide bonds. The van der Waals surface area contributed by atoms with Gasteiger partial charge in [0.15, 0.2) is 0 Å². The summed E-state index contributed by atoms with van der Waals surface area (Å²) in [5.74, 6) is 0.189. The van der Waals surface area contributed by atoms with Crippen molar-refractivity contribution < 1.29 is 4.79 Å². The molecule has 1 fully saturated rings. The first-order valence-corrected chi connectivity index (χ1v) is 7.55. The number of hydrogen-bond acceptors (Lipinski definition) is 2. The van der Waals surface area contributed by atoms with Crippen LogP contribution in [0.3, 0.4) is 0 Å². The summed E-state index contributed by atoms with van der Waals surface area (Å²) >= 11 is 5.20. The van der Waals surface area contributed by atoms with Crippen molar-refractivity contribution >= 4 is 33.6 Å². The molecule has 4 heteroatoms. The molecule has 2 atom stereocenters. The van der Waals surface area contributed by atoms with E-state index in [2.05, 4.69) is 27.5 Å². The first-order chi connectivity index (χ1) is 6.76. The van der Waals surface area contributed by atoms with Gasteiger partial charge in [-0.2, -0.15) is 11.8 Å². The molecule has 0 saturated heterocycles. The predicted molar refractivity (Wildman–Crippen MR) is 66.1 cm³/mol.